The van der Waals surface area contributed by atoms with Gasteiger partial charge >= 0.3 is 0 Å². The van der Waals surface area contributed by atoms with Crippen molar-refractivity contribution in [2.45, 2.75) is 38.9 Å². The third-order valence-electron chi connectivity index (χ3n) is 6.69. The van der Waals surface area contributed by atoms with Crippen molar-refractivity contribution in [1.29, 1.82) is 0 Å². The summed E-state index contributed by atoms with van der Waals surface area (Å²) in [6, 6.07) is 7.06. The Kier molecular flexibility index (Phi) is 4.50. The Hall–Kier alpha value is -3.58. The molecular weight excluding hydrogens is 400 g/mol. The Morgan fingerprint density at radius 2 is 1.97 bits per heavy atom. The quantitative estimate of drug-likeness (QED) is 0.521. The monoisotopic (exact) mass is 424 g/mol. The van der Waals surface area contributed by atoms with Crippen molar-refractivity contribution in [2.24, 2.45) is 0 Å². The van der Waals surface area contributed by atoms with Gasteiger partial charge in [-0.1, -0.05) is 0 Å². The summed E-state index contributed by atoms with van der Waals surface area (Å²) >= 11 is 0. The van der Waals surface area contributed by atoms with E-state index in [1.165, 1.54) is 35.0 Å². The zero-order chi connectivity index (χ0) is 21.7. The van der Waals surface area contributed by atoms with Crippen LogP contribution < -0.4 is 5.32 Å². The molecule has 160 valence electrons. The highest BCUT2D eigenvalue weighted by Crippen LogP contribution is 2.38. The minimum atomic E-state index is -0.0280. The van der Waals surface area contributed by atoms with Gasteiger partial charge in [0, 0.05) is 54.9 Å². The van der Waals surface area contributed by atoms with Crippen LogP contribution in [0.4, 0.5) is 0 Å². The van der Waals surface area contributed by atoms with Crippen molar-refractivity contribution in [1.82, 2.24) is 30.2 Å². The van der Waals surface area contributed by atoms with Crippen molar-refractivity contribution in [2.75, 3.05) is 6.54 Å². The summed E-state index contributed by atoms with van der Waals surface area (Å²) in [5.41, 5.74) is 8.66. The van der Waals surface area contributed by atoms with Crippen LogP contribution in [0.2, 0.25) is 0 Å². The predicted octanol–water partition coefficient (Wildman–Crippen LogP) is 3.91. The summed E-state index contributed by atoms with van der Waals surface area (Å²) < 4.78 is 0. The number of fused-ring (bicyclic) bond motifs is 2. The average molecular weight is 425 g/mol. The molecule has 1 aromatic carbocycles. The van der Waals surface area contributed by atoms with E-state index in [2.05, 4.69) is 50.4 Å². The molecule has 1 fully saturated rings. The first-order chi connectivity index (χ1) is 15.7. The third-order valence-corrected chi connectivity index (χ3v) is 6.69. The molecule has 0 bridgehead atoms. The number of hydrogen-bond donors (Lipinski definition) is 2. The van der Waals surface area contributed by atoms with E-state index >= 15 is 0 Å². The van der Waals surface area contributed by atoms with Gasteiger partial charge in [0.1, 0.15) is 12.0 Å². The number of nitrogens with one attached hydrogen (secondary N) is 2. The molecule has 3 aromatic heterocycles. The molecule has 6 rings (SSSR count). The molecule has 1 saturated heterocycles. The molecule has 2 aliphatic rings. The summed E-state index contributed by atoms with van der Waals surface area (Å²) in [6.45, 7) is 4.34. The van der Waals surface area contributed by atoms with Crippen molar-refractivity contribution in [3.05, 3.63) is 77.1 Å². The van der Waals surface area contributed by atoms with Crippen LogP contribution in [0.3, 0.4) is 0 Å². The van der Waals surface area contributed by atoms with E-state index in [0.29, 0.717) is 24.7 Å². The third kappa shape index (κ3) is 3.17. The highest BCUT2D eigenvalue weighted by molar-refractivity contribution is 5.94. The number of aryl methyl sites for hydroxylation is 1. The predicted molar refractivity (Wildman–Crippen MR) is 122 cm³/mol. The second-order valence-electron chi connectivity index (χ2n) is 8.73. The van der Waals surface area contributed by atoms with E-state index in [4.69, 9.17) is 0 Å². The maximum Gasteiger partial charge on any atom is 0.257 e. The number of hydrogen-bond acceptors (Lipinski definition) is 5. The number of rotatable bonds is 3. The van der Waals surface area contributed by atoms with Gasteiger partial charge in [0.25, 0.3) is 5.91 Å². The van der Waals surface area contributed by atoms with Gasteiger partial charge in [0.05, 0.1) is 5.56 Å². The van der Waals surface area contributed by atoms with Crippen LogP contribution in [0.25, 0.3) is 22.2 Å². The van der Waals surface area contributed by atoms with Gasteiger partial charge < -0.3 is 15.2 Å². The molecule has 0 unspecified atom stereocenters. The van der Waals surface area contributed by atoms with E-state index in [0.717, 1.165) is 35.1 Å². The van der Waals surface area contributed by atoms with E-state index in [1.54, 1.807) is 12.4 Å². The second kappa shape index (κ2) is 7.53. The molecule has 0 saturated carbocycles. The van der Waals surface area contributed by atoms with E-state index in [9.17, 15) is 4.79 Å². The Bertz CT molecular complexity index is 1320. The molecule has 1 atom stereocenters. The highest BCUT2D eigenvalue weighted by Gasteiger charge is 2.30. The lowest BCUT2D eigenvalue weighted by atomic mass is 9.91. The maximum absolute atomic E-state index is 13.1. The number of aromatic nitrogens is 4. The zero-order valence-electron chi connectivity index (χ0n) is 17.9. The first-order valence-corrected chi connectivity index (χ1v) is 11.0. The number of carbonyl (C=O) groups is 1. The summed E-state index contributed by atoms with van der Waals surface area (Å²) in [5.74, 6) is -0.0280. The standard InChI is InChI=1S/C25H24N6O/c1-15-8-29-24-20(15)7-17(11-30-24)16-5-18-12-31(25(32)19-9-26-14-27-10-19)13-22(18)21(6-16)23-3-2-4-28-23/h5-11,14,23,28H,2-4,12-13H2,1H3,(H,29,30)/t23-/m0/s1. The van der Waals surface area contributed by atoms with Gasteiger partial charge in [-0.3, -0.25) is 4.79 Å². The minimum Gasteiger partial charge on any atom is -0.346 e. The summed E-state index contributed by atoms with van der Waals surface area (Å²) in [4.78, 5) is 30.8. The first kappa shape index (κ1) is 19.1. The van der Waals surface area contributed by atoms with Crippen LogP contribution in [-0.4, -0.2) is 37.3 Å². The maximum atomic E-state index is 13.1. The van der Waals surface area contributed by atoms with Gasteiger partial charge in [-0.25, -0.2) is 15.0 Å². The fraction of sp³-hybridized carbons (Fsp3) is 0.280. The molecule has 32 heavy (non-hydrogen) atoms. The minimum absolute atomic E-state index is 0.0280. The van der Waals surface area contributed by atoms with Gasteiger partial charge in [-0.2, -0.15) is 0 Å². The first-order valence-electron chi connectivity index (χ1n) is 11.0. The molecule has 7 nitrogen and oxygen atoms in total. The van der Waals surface area contributed by atoms with Crippen LogP contribution in [0.15, 0.2) is 49.3 Å². The molecule has 0 spiro atoms. The fourth-order valence-corrected chi connectivity index (χ4v) is 5.00. The SMILES string of the molecule is Cc1c[nH]c2ncc(-c3cc4c(c([C@@H]5CCCN5)c3)CN(C(=O)c3cncnc3)C4)cc12. The lowest BCUT2D eigenvalue weighted by Gasteiger charge is -2.18. The number of benzene rings is 1. The van der Waals surface area contributed by atoms with E-state index in [-0.39, 0.29) is 5.91 Å². The number of pyridine rings is 1. The average Bonchev–Trinajstić information content (AvgIpc) is 3.58. The largest absolute Gasteiger partial charge is 0.346 e. The topological polar surface area (TPSA) is 86.8 Å². The molecule has 2 aliphatic heterocycles. The van der Waals surface area contributed by atoms with Gasteiger partial charge in [-0.15, -0.1) is 0 Å². The van der Waals surface area contributed by atoms with Crippen molar-refractivity contribution < 1.29 is 4.79 Å². The number of H-pyrrole nitrogens is 1. The molecule has 0 aliphatic carbocycles. The molecule has 1 amide bonds. The van der Waals surface area contributed by atoms with E-state index < -0.39 is 0 Å². The van der Waals surface area contributed by atoms with Gasteiger partial charge in [-0.05, 0) is 72.3 Å². The Morgan fingerprint density at radius 3 is 2.78 bits per heavy atom. The lowest BCUT2D eigenvalue weighted by molar-refractivity contribution is 0.0750. The second-order valence-corrected chi connectivity index (χ2v) is 8.73. The summed E-state index contributed by atoms with van der Waals surface area (Å²) in [5, 5.41) is 4.79. The summed E-state index contributed by atoms with van der Waals surface area (Å²) in [7, 11) is 0. The van der Waals surface area contributed by atoms with Crippen LogP contribution >= 0.6 is 0 Å². The Morgan fingerprint density at radius 1 is 1.09 bits per heavy atom. The normalized spacial score (nSPS) is 17.8. The smallest absolute Gasteiger partial charge is 0.257 e. The fourth-order valence-electron chi connectivity index (χ4n) is 5.00. The van der Waals surface area contributed by atoms with Gasteiger partial charge in [0.15, 0.2) is 0 Å². The molecule has 4 aromatic rings. The lowest BCUT2D eigenvalue weighted by Crippen LogP contribution is -2.25. The number of aromatic amines is 1. The molecule has 0 radical (unpaired) electrons. The molecular formula is C25H24N6O. The number of carbonyl (C=O) groups excluding carboxylic acids is 1. The Labute approximate surface area is 185 Å². The van der Waals surface area contributed by atoms with Crippen LogP contribution in [0, 0.1) is 6.92 Å². The molecule has 7 heteroatoms. The van der Waals surface area contributed by atoms with Crippen LogP contribution in [-0.2, 0) is 13.1 Å². The number of nitrogens with zero attached hydrogens (tertiary/aromatic N) is 4. The summed E-state index contributed by atoms with van der Waals surface area (Å²) in [6.07, 6.45) is 10.8. The molecule has 2 N–H and O–H groups in total. The van der Waals surface area contributed by atoms with Crippen LogP contribution in [0.5, 0.6) is 0 Å². The van der Waals surface area contributed by atoms with Gasteiger partial charge in [0.2, 0.25) is 0 Å². The zero-order valence-corrected chi connectivity index (χ0v) is 17.9. The van der Waals surface area contributed by atoms with Crippen molar-refractivity contribution in [3.8, 4) is 11.1 Å². The highest BCUT2D eigenvalue weighted by atomic mass is 16.2. The van der Waals surface area contributed by atoms with E-state index in [1.807, 2.05) is 17.3 Å². The Balaban J connectivity index is 1.42. The van der Waals surface area contributed by atoms with Crippen LogP contribution in [0.1, 0.15) is 51.5 Å². The van der Waals surface area contributed by atoms with Crippen molar-refractivity contribution in [3.63, 3.8) is 0 Å². The molecule has 5 heterocycles. The van der Waals surface area contributed by atoms with Crippen molar-refractivity contribution >= 4 is 16.9 Å². The number of amides is 1.